The zero-order valence-electron chi connectivity index (χ0n) is 11.8. The van der Waals surface area contributed by atoms with Crippen LogP contribution in [0.3, 0.4) is 0 Å². The number of hydrogen-bond donors (Lipinski definition) is 0. The van der Waals surface area contributed by atoms with E-state index in [2.05, 4.69) is 76.4 Å². The SMILES string of the molecule is CC(C)(C)c1ccc(C(C)(C)C)n2cccc12. The number of pyridine rings is 1. The fraction of sp³-hybridized carbons (Fsp3) is 0.500. The van der Waals surface area contributed by atoms with Gasteiger partial charge in [0, 0.05) is 22.8 Å². The van der Waals surface area contributed by atoms with Gasteiger partial charge in [-0.05, 0) is 29.2 Å². The first kappa shape index (κ1) is 12.2. The van der Waals surface area contributed by atoms with E-state index in [-0.39, 0.29) is 10.8 Å². The molecule has 0 aliphatic carbocycles. The van der Waals surface area contributed by atoms with Gasteiger partial charge in [0.1, 0.15) is 0 Å². The number of aromatic nitrogens is 1. The van der Waals surface area contributed by atoms with Crippen molar-refractivity contribution >= 4 is 5.52 Å². The Morgan fingerprint density at radius 1 is 0.824 bits per heavy atom. The van der Waals surface area contributed by atoms with Gasteiger partial charge in [-0.15, -0.1) is 0 Å². The zero-order valence-corrected chi connectivity index (χ0v) is 11.8. The second-order valence-electron chi connectivity index (χ2n) is 6.90. The second-order valence-corrected chi connectivity index (χ2v) is 6.90. The minimum Gasteiger partial charge on any atom is -0.320 e. The van der Waals surface area contributed by atoms with Crippen molar-refractivity contribution in [1.82, 2.24) is 4.40 Å². The molecule has 0 fully saturated rings. The smallest absolute Gasteiger partial charge is 0.0490 e. The van der Waals surface area contributed by atoms with Crippen LogP contribution >= 0.6 is 0 Å². The number of hydrogen-bond acceptors (Lipinski definition) is 0. The Hall–Kier alpha value is -1.24. The van der Waals surface area contributed by atoms with Gasteiger partial charge >= 0.3 is 0 Å². The average Bonchev–Trinajstić information content (AvgIpc) is 2.60. The molecule has 0 saturated carbocycles. The molecule has 0 spiro atoms. The highest BCUT2D eigenvalue weighted by molar-refractivity contribution is 5.59. The molecule has 0 aliphatic heterocycles. The molecule has 2 rings (SSSR count). The summed E-state index contributed by atoms with van der Waals surface area (Å²) in [5.41, 5.74) is 4.48. The predicted molar refractivity (Wildman–Crippen MR) is 74.8 cm³/mol. The van der Waals surface area contributed by atoms with E-state index in [1.165, 1.54) is 16.8 Å². The van der Waals surface area contributed by atoms with E-state index in [1.807, 2.05) is 0 Å². The van der Waals surface area contributed by atoms with Gasteiger partial charge in [0.25, 0.3) is 0 Å². The molecule has 0 bridgehead atoms. The molecule has 0 atom stereocenters. The summed E-state index contributed by atoms with van der Waals surface area (Å²) in [5, 5.41) is 0. The van der Waals surface area contributed by atoms with Crippen LogP contribution in [-0.4, -0.2) is 4.40 Å². The average molecular weight is 229 g/mol. The minimum atomic E-state index is 0.174. The summed E-state index contributed by atoms with van der Waals surface area (Å²) in [6, 6.07) is 8.92. The van der Waals surface area contributed by atoms with Crippen LogP contribution in [0, 0.1) is 0 Å². The molecular weight excluding hydrogens is 206 g/mol. The van der Waals surface area contributed by atoms with Crippen LogP contribution in [0.5, 0.6) is 0 Å². The Morgan fingerprint density at radius 2 is 1.47 bits per heavy atom. The highest BCUT2D eigenvalue weighted by atomic mass is 14.9. The molecule has 0 N–H and O–H groups in total. The molecule has 2 heterocycles. The maximum Gasteiger partial charge on any atom is 0.0490 e. The Labute approximate surface area is 104 Å². The lowest BCUT2D eigenvalue weighted by atomic mass is 9.84. The number of nitrogens with zero attached hydrogens (tertiary/aromatic N) is 1. The van der Waals surface area contributed by atoms with Gasteiger partial charge in [-0.3, -0.25) is 0 Å². The Bertz CT molecular complexity index is 485. The van der Waals surface area contributed by atoms with Crippen molar-refractivity contribution in [2.75, 3.05) is 0 Å². The maximum atomic E-state index is 2.33. The molecule has 0 aromatic carbocycles. The summed E-state index contributed by atoms with van der Waals surface area (Å²) in [6.45, 7) is 13.6. The molecule has 0 radical (unpaired) electrons. The van der Waals surface area contributed by atoms with Crippen LogP contribution in [-0.2, 0) is 10.8 Å². The minimum absolute atomic E-state index is 0.174. The van der Waals surface area contributed by atoms with Gasteiger partial charge in [-0.2, -0.15) is 0 Å². The van der Waals surface area contributed by atoms with E-state index >= 15 is 0 Å². The normalized spacial score (nSPS) is 13.3. The molecule has 2 aromatic rings. The van der Waals surface area contributed by atoms with Crippen LogP contribution in [0.15, 0.2) is 30.5 Å². The van der Waals surface area contributed by atoms with Crippen LogP contribution in [0.4, 0.5) is 0 Å². The summed E-state index contributed by atoms with van der Waals surface area (Å²) in [7, 11) is 0. The molecule has 17 heavy (non-hydrogen) atoms. The van der Waals surface area contributed by atoms with E-state index in [0.717, 1.165) is 0 Å². The number of rotatable bonds is 0. The third kappa shape index (κ3) is 2.11. The first-order valence-corrected chi connectivity index (χ1v) is 6.32. The lowest BCUT2D eigenvalue weighted by Crippen LogP contribution is -2.19. The molecule has 0 amide bonds. The Kier molecular flexibility index (Phi) is 2.61. The van der Waals surface area contributed by atoms with Crippen molar-refractivity contribution < 1.29 is 0 Å². The number of fused-ring (bicyclic) bond motifs is 1. The molecule has 0 unspecified atom stereocenters. The molecule has 92 valence electrons. The lowest BCUT2D eigenvalue weighted by molar-refractivity contribution is 0.553. The summed E-state index contributed by atoms with van der Waals surface area (Å²) in [5.74, 6) is 0. The molecule has 2 aromatic heterocycles. The van der Waals surface area contributed by atoms with Crippen molar-refractivity contribution in [2.45, 2.75) is 52.4 Å². The van der Waals surface area contributed by atoms with E-state index < -0.39 is 0 Å². The van der Waals surface area contributed by atoms with Gasteiger partial charge in [0.15, 0.2) is 0 Å². The van der Waals surface area contributed by atoms with E-state index in [9.17, 15) is 0 Å². The van der Waals surface area contributed by atoms with Crippen molar-refractivity contribution in [1.29, 1.82) is 0 Å². The highest BCUT2D eigenvalue weighted by Gasteiger charge is 2.22. The standard InChI is InChI=1S/C16H23N/c1-15(2,3)12-9-10-14(16(4,5)6)17-11-7-8-13(12)17/h7-11H,1-6H3. The van der Waals surface area contributed by atoms with Crippen LogP contribution in [0.2, 0.25) is 0 Å². The first-order valence-electron chi connectivity index (χ1n) is 6.32. The van der Waals surface area contributed by atoms with Crippen molar-refractivity contribution in [2.24, 2.45) is 0 Å². The summed E-state index contributed by atoms with van der Waals surface area (Å²) in [4.78, 5) is 0. The zero-order chi connectivity index (χ0) is 12.8. The van der Waals surface area contributed by atoms with Gasteiger partial charge in [-0.1, -0.05) is 47.6 Å². The summed E-state index contributed by atoms with van der Waals surface area (Å²) in [6.07, 6.45) is 2.17. The fourth-order valence-electron chi connectivity index (χ4n) is 2.38. The molecule has 1 heteroatoms. The van der Waals surface area contributed by atoms with Crippen LogP contribution in [0.1, 0.15) is 52.8 Å². The third-order valence-corrected chi connectivity index (χ3v) is 3.27. The third-order valence-electron chi connectivity index (χ3n) is 3.27. The topological polar surface area (TPSA) is 4.41 Å². The maximum absolute atomic E-state index is 2.33. The largest absolute Gasteiger partial charge is 0.320 e. The predicted octanol–water partition coefficient (Wildman–Crippen LogP) is 4.53. The molecule has 1 nitrogen and oxygen atoms in total. The van der Waals surface area contributed by atoms with Crippen molar-refractivity contribution in [3.8, 4) is 0 Å². The van der Waals surface area contributed by atoms with E-state index in [0.29, 0.717) is 0 Å². The van der Waals surface area contributed by atoms with Crippen LogP contribution < -0.4 is 0 Å². The Morgan fingerprint density at radius 3 is 2.00 bits per heavy atom. The Balaban J connectivity index is 2.76. The van der Waals surface area contributed by atoms with Gasteiger partial charge in [-0.25, -0.2) is 0 Å². The molecule has 0 saturated heterocycles. The van der Waals surface area contributed by atoms with Crippen molar-refractivity contribution in [3.05, 3.63) is 41.7 Å². The summed E-state index contributed by atoms with van der Waals surface area (Å²) >= 11 is 0. The van der Waals surface area contributed by atoms with Gasteiger partial charge in [0.2, 0.25) is 0 Å². The second kappa shape index (κ2) is 3.63. The molecular formula is C16H23N. The fourth-order valence-corrected chi connectivity index (χ4v) is 2.38. The summed E-state index contributed by atoms with van der Waals surface area (Å²) < 4.78 is 2.33. The molecule has 0 aliphatic rings. The van der Waals surface area contributed by atoms with Gasteiger partial charge in [0.05, 0.1) is 0 Å². The van der Waals surface area contributed by atoms with E-state index in [1.54, 1.807) is 0 Å². The van der Waals surface area contributed by atoms with Gasteiger partial charge < -0.3 is 4.40 Å². The highest BCUT2D eigenvalue weighted by Crippen LogP contribution is 2.31. The quantitative estimate of drug-likeness (QED) is 0.625. The van der Waals surface area contributed by atoms with Crippen LogP contribution in [0.25, 0.3) is 5.52 Å². The monoisotopic (exact) mass is 229 g/mol. The first-order chi connectivity index (χ1) is 7.71. The lowest BCUT2D eigenvalue weighted by Gasteiger charge is -2.26. The van der Waals surface area contributed by atoms with Crippen molar-refractivity contribution in [3.63, 3.8) is 0 Å². The van der Waals surface area contributed by atoms with E-state index in [4.69, 9.17) is 0 Å².